The first kappa shape index (κ1) is 23.4. The highest BCUT2D eigenvalue weighted by atomic mass is 19.4. The molecule has 0 aliphatic heterocycles. The fourth-order valence-corrected chi connectivity index (χ4v) is 3.10. The van der Waals surface area contributed by atoms with Crippen molar-refractivity contribution in [3.8, 4) is 11.1 Å². The van der Waals surface area contributed by atoms with Gasteiger partial charge < -0.3 is 15.5 Å². The van der Waals surface area contributed by atoms with Crippen molar-refractivity contribution >= 4 is 5.91 Å². The second-order valence-corrected chi connectivity index (χ2v) is 7.24. The Balaban J connectivity index is 1.97. The maximum absolute atomic E-state index is 13.1. The van der Waals surface area contributed by atoms with Crippen LogP contribution in [0.4, 0.5) is 17.6 Å². The summed E-state index contributed by atoms with van der Waals surface area (Å²) in [6, 6.07) is 11.9. The van der Waals surface area contributed by atoms with E-state index >= 15 is 0 Å². The third kappa shape index (κ3) is 5.49. The zero-order valence-electron chi connectivity index (χ0n) is 16.9. The van der Waals surface area contributed by atoms with Gasteiger partial charge in [0.25, 0.3) is 5.91 Å². The summed E-state index contributed by atoms with van der Waals surface area (Å²) in [6.07, 6.45) is -6.70. The third-order valence-electron chi connectivity index (χ3n) is 4.85. The predicted molar refractivity (Wildman–Crippen MR) is 109 cm³/mol. The molecule has 0 bridgehead atoms. The van der Waals surface area contributed by atoms with E-state index in [0.29, 0.717) is 16.8 Å². The molecule has 3 rings (SSSR count). The van der Waals surface area contributed by atoms with Crippen LogP contribution in [0.1, 0.15) is 46.2 Å². The molecular weight excluding hydrogens is 428 g/mol. The molecule has 1 amide bonds. The van der Waals surface area contributed by atoms with E-state index in [1.165, 1.54) is 18.2 Å². The first-order chi connectivity index (χ1) is 15.1. The molecule has 5 nitrogen and oxygen atoms in total. The lowest BCUT2D eigenvalue weighted by Gasteiger charge is -2.18. The number of aliphatic hydroxyl groups excluding tert-OH is 2. The van der Waals surface area contributed by atoms with Crippen molar-refractivity contribution in [1.82, 2.24) is 10.3 Å². The van der Waals surface area contributed by atoms with Crippen LogP contribution in [0, 0.1) is 5.82 Å². The smallest absolute Gasteiger partial charge is 0.392 e. The number of nitrogens with one attached hydrogen (secondary N) is 1. The van der Waals surface area contributed by atoms with Gasteiger partial charge in [0, 0.05) is 5.56 Å². The van der Waals surface area contributed by atoms with Crippen LogP contribution in [0.5, 0.6) is 0 Å². The lowest BCUT2D eigenvalue weighted by molar-refractivity contribution is -0.206. The average molecular weight is 448 g/mol. The SMILES string of the molecule is C[C@@H](NC(=O)c1cc(-c2ccc(CO)cc2)cc(C(O)C(F)(F)F)c1)c1ccc(F)cn1. The first-order valence-corrected chi connectivity index (χ1v) is 9.60. The van der Waals surface area contributed by atoms with Crippen molar-refractivity contribution in [3.05, 3.63) is 89.0 Å². The van der Waals surface area contributed by atoms with Crippen molar-refractivity contribution in [2.45, 2.75) is 31.9 Å². The zero-order chi connectivity index (χ0) is 23.5. The van der Waals surface area contributed by atoms with Gasteiger partial charge in [-0.25, -0.2) is 4.39 Å². The Hall–Kier alpha value is -3.30. The molecule has 0 aliphatic carbocycles. The Morgan fingerprint density at radius 2 is 1.75 bits per heavy atom. The van der Waals surface area contributed by atoms with Gasteiger partial charge in [-0.1, -0.05) is 24.3 Å². The van der Waals surface area contributed by atoms with Crippen molar-refractivity contribution in [1.29, 1.82) is 0 Å². The average Bonchev–Trinajstić information content (AvgIpc) is 2.78. The van der Waals surface area contributed by atoms with Crippen molar-refractivity contribution in [3.63, 3.8) is 0 Å². The number of aromatic nitrogens is 1. The summed E-state index contributed by atoms with van der Waals surface area (Å²) >= 11 is 0. The predicted octanol–water partition coefficient (Wildman–Crippen LogP) is 4.47. The maximum atomic E-state index is 13.1. The molecule has 0 aliphatic rings. The molecule has 0 fully saturated rings. The number of halogens is 4. The van der Waals surface area contributed by atoms with Gasteiger partial charge in [0.1, 0.15) is 5.82 Å². The van der Waals surface area contributed by atoms with Gasteiger partial charge in [0.05, 0.1) is 24.5 Å². The van der Waals surface area contributed by atoms with Crippen LogP contribution in [-0.4, -0.2) is 27.3 Å². The molecule has 1 aromatic heterocycles. The Morgan fingerprint density at radius 3 is 2.31 bits per heavy atom. The fraction of sp³-hybridized carbons (Fsp3) is 0.217. The summed E-state index contributed by atoms with van der Waals surface area (Å²) in [7, 11) is 0. The standard InChI is InChI=1S/C23H20F4N2O3/c1-13(20-7-6-19(24)11-28-20)29-22(32)18-9-16(15-4-2-14(12-30)3-5-15)8-17(10-18)21(31)23(25,26)27/h2-11,13,21,30-31H,12H2,1H3,(H,29,32)/t13-,21?/m1/s1. The fourth-order valence-electron chi connectivity index (χ4n) is 3.10. The minimum absolute atomic E-state index is 0.0963. The van der Waals surface area contributed by atoms with E-state index in [-0.39, 0.29) is 17.7 Å². The molecule has 2 atom stereocenters. The molecule has 0 spiro atoms. The molecule has 2 aromatic carbocycles. The Morgan fingerprint density at radius 1 is 1.06 bits per heavy atom. The van der Waals surface area contributed by atoms with E-state index in [1.54, 1.807) is 31.2 Å². The summed E-state index contributed by atoms with van der Waals surface area (Å²) < 4.78 is 52.5. The number of amides is 1. The second-order valence-electron chi connectivity index (χ2n) is 7.24. The highest BCUT2D eigenvalue weighted by molar-refractivity contribution is 5.96. The Kier molecular flexibility index (Phi) is 6.90. The van der Waals surface area contributed by atoms with Crippen molar-refractivity contribution in [2.75, 3.05) is 0 Å². The van der Waals surface area contributed by atoms with Crippen LogP contribution in [0.15, 0.2) is 60.8 Å². The molecule has 1 heterocycles. The van der Waals surface area contributed by atoms with Crippen LogP contribution < -0.4 is 5.32 Å². The number of alkyl halides is 3. The van der Waals surface area contributed by atoms with Crippen molar-refractivity contribution < 1.29 is 32.6 Å². The van der Waals surface area contributed by atoms with Gasteiger partial charge >= 0.3 is 6.18 Å². The lowest BCUT2D eigenvalue weighted by Crippen LogP contribution is -2.28. The van der Waals surface area contributed by atoms with E-state index in [9.17, 15) is 32.6 Å². The Bertz CT molecular complexity index is 1080. The first-order valence-electron chi connectivity index (χ1n) is 9.60. The number of carbonyl (C=O) groups excluding carboxylic acids is 1. The molecule has 9 heteroatoms. The maximum Gasteiger partial charge on any atom is 0.418 e. The largest absolute Gasteiger partial charge is 0.418 e. The van der Waals surface area contributed by atoms with Gasteiger partial charge in [-0.05, 0) is 59.5 Å². The number of aliphatic hydroxyl groups is 2. The molecule has 1 unspecified atom stereocenters. The van der Waals surface area contributed by atoms with Crippen LogP contribution >= 0.6 is 0 Å². The van der Waals surface area contributed by atoms with Crippen molar-refractivity contribution in [2.24, 2.45) is 0 Å². The minimum Gasteiger partial charge on any atom is -0.392 e. The number of hydrogen-bond acceptors (Lipinski definition) is 4. The third-order valence-corrected chi connectivity index (χ3v) is 4.85. The number of rotatable bonds is 6. The van der Waals surface area contributed by atoms with E-state index in [2.05, 4.69) is 10.3 Å². The quantitative estimate of drug-likeness (QED) is 0.486. The van der Waals surface area contributed by atoms with Crippen LogP contribution in [0.3, 0.4) is 0 Å². The molecule has 0 radical (unpaired) electrons. The number of nitrogens with zero attached hydrogens (tertiary/aromatic N) is 1. The highest BCUT2D eigenvalue weighted by Crippen LogP contribution is 2.35. The number of benzene rings is 2. The summed E-state index contributed by atoms with van der Waals surface area (Å²) in [5.41, 5.74) is 1.18. The van der Waals surface area contributed by atoms with Gasteiger partial charge in [-0.3, -0.25) is 9.78 Å². The van der Waals surface area contributed by atoms with Gasteiger partial charge in [-0.2, -0.15) is 13.2 Å². The second kappa shape index (κ2) is 9.46. The molecular formula is C23H20F4N2O3. The molecule has 0 saturated heterocycles. The monoisotopic (exact) mass is 448 g/mol. The lowest BCUT2D eigenvalue weighted by atomic mass is 9.96. The van der Waals surface area contributed by atoms with E-state index in [4.69, 9.17) is 0 Å². The zero-order valence-corrected chi connectivity index (χ0v) is 16.9. The van der Waals surface area contributed by atoms with Crippen LogP contribution in [0.2, 0.25) is 0 Å². The molecule has 0 saturated carbocycles. The molecule has 168 valence electrons. The summed E-state index contributed by atoms with van der Waals surface area (Å²) in [4.78, 5) is 16.7. The van der Waals surface area contributed by atoms with E-state index < -0.39 is 35.6 Å². The van der Waals surface area contributed by atoms with Gasteiger partial charge in [0.2, 0.25) is 0 Å². The number of hydrogen-bond donors (Lipinski definition) is 3. The van der Waals surface area contributed by atoms with Gasteiger partial charge in [-0.15, -0.1) is 0 Å². The number of carbonyl (C=O) groups is 1. The summed E-state index contributed by atoms with van der Waals surface area (Å²) in [5, 5.41) is 21.6. The van der Waals surface area contributed by atoms with Gasteiger partial charge in [0.15, 0.2) is 6.10 Å². The van der Waals surface area contributed by atoms with E-state index in [0.717, 1.165) is 18.3 Å². The Labute approximate surface area is 181 Å². The highest BCUT2D eigenvalue weighted by Gasteiger charge is 2.39. The molecule has 3 aromatic rings. The van der Waals surface area contributed by atoms with Crippen LogP contribution in [-0.2, 0) is 6.61 Å². The molecule has 3 N–H and O–H groups in total. The minimum atomic E-state index is -4.92. The topological polar surface area (TPSA) is 82.5 Å². The van der Waals surface area contributed by atoms with Crippen LogP contribution in [0.25, 0.3) is 11.1 Å². The summed E-state index contributed by atoms with van der Waals surface area (Å²) in [6.45, 7) is 1.40. The number of pyridine rings is 1. The van der Waals surface area contributed by atoms with E-state index in [1.807, 2.05) is 0 Å². The molecule has 32 heavy (non-hydrogen) atoms. The summed E-state index contributed by atoms with van der Waals surface area (Å²) in [5.74, 6) is -1.23. The normalized spacial score (nSPS) is 13.5.